The number of hydrogen-bond donors (Lipinski definition) is 1. The van der Waals surface area contributed by atoms with Crippen molar-refractivity contribution in [1.29, 1.82) is 0 Å². The van der Waals surface area contributed by atoms with E-state index in [-0.39, 0.29) is 0 Å². The first-order valence-electron chi connectivity index (χ1n) is 7.37. The van der Waals surface area contributed by atoms with Crippen LogP contribution in [0.3, 0.4) is 0 Å². The molecule has 0 unspecified atom stereocenters. The van der Waals surface area contributed by atoms with Crippen molar-refractivity contribution in [3.8, 4) is 0 Å². The second-order valence-corrected chi connectivity index (χ2v) is 5.57. The number of methoxy groups -OCH3 is 1. The fourth-order valence-corrected chi connectivity index (χ4v) is 2.83. The lowest BCUT2D eigenvalue weighted by Crippen LogP contribution is -2.41. The van der Waals surface area contributed by atoms with E-state index in [1.54, 1.807) is 7.11 Å². The Balaban J connectivity index is 1.81. The SMILES string of the molecule is COC1(c2nc(Cc3ccccc3C)no2)CCNCC1. The topological polar surface area (TPSA) is 60.2 Å². The van der Waals surface area contributed by atoms with Crippen LogP contribution >= 0.6 is 0 Å². The molecule has 1 saturated heterocycles. The predicted octanol–water partition coefficient (Wildman–Crippen LogP) is 2.19. The maximum absolute atomic E-state index is 5.72. The summed E-state index contributed by atoms with van der Waals surface area (Å²) >= 11 is 0. The molecule has 1 aromatic carbocycles. The molecule has 0 amide bonds. The summed E-state index contributed by atoms with van der Waals surface area (Å²) in [6.07, 6.45) is 2.40. The van der Waals surface area contributed by atoms with Crippen LogP contribution in [0.1, 0.15) is 35.7 Å². The number of benzene rings is 1. The standard InChI is InChI=1S/C16H21N3O2/c1-12-5-3-4-6-13(12)11-14-18-15(21-19-14)16(20-2)7-9-17-10-8-16/h3-6,17H,7-11H2,1-2H3. The highest BCUT2D eigenvalue weighted by Crippen LogP contribution is 2.33. The highest BCUT2D eigenvalue weighted by molar-refractivity contribution is 5.28. The van der Waals surface area contributed by atoms with Crippen LogP contribution in [0.25, 0.3) is 0 Å². The van der Waals surface area contributed by atoms with Gasteiger partial charge in [0.05, 0.1) is 0 Å². The third kappa shape index (κ3) is 2.84. The molecule has 0 radical (unpaired) electrons. The summed E-state index contributed by atoms with van der Waals surface area (Å²) < 4.78 is 11.2. The van der Waals surface area contributed by atoms with Gasteiger partial charge in [-0.2, -0.15) is 4.98 Å². The van der Waals surface area contributed by atoms with Crippen molar-refractivity contribution >= 4 is 0 Å². The Morgan fingerprint density at radius 3 is 2.76 bits per heavy atom. The van der Waals surface area contributed by atoms with Crippen LogP contribution in [0.5, 0.6) is 0 Å². The lowest BCUT2D eigenvalue weighted by molar-refractivity contribution is -0.0622. The van der Waals surface area contributed by atoms with E-state index < -0.39 is 5.60 Å². The summed E-state index contributed by atoms with van der Waals surface area (Å²) in [5.41, 5.74) is 2.04. The number of aryl methyl sites for hydroxylation is 1. The van der Waals surface area contributed by atoms with Crippen molar-refractivity contribution in [2.24, 2.45) is 0 Å². The Bertz CT molecular complexity index is 603. The van der Waals surface area contributed by atoms with E-state index in [2.05, 4.69) is 34.5 Å². The average Bonchev–Trinajstić information content (AvgIpc) is 2.99. The van der Waals surface area contributed by atoms with Crippen LogP contribution < -0.4 is 5.32 Å². The van der Waals surface area contributed by atoms with Gasteiger partial charge in [0.2, 0.25) is 0 Å². The molecule has 5 heteroatoms. The molecule has 1 aromatic heterocycles. The second-order valence-electron chi connectivity index (χ2n) is 5.57. The van der Waals surface area contributed by atoms with E-state index in [9.17, 15) is 0 Å². The van der Waals surface area contributed by atoms with Gasteiger partial charge in [0.25, 0.3) is 5.89 Å². The third-order valence-corrected chi connectivity index (χ3v) is 4.27. The molecule has 21 heavy (non-hydrogen) atoms. The first-order chi connectivity index (χ1) is 10.2. The summed E-state index contributed by atoms with van der Waals surface area (Å²) in [7, 11) is 1.72. The van der Waals surface area contributed by atoms with Crippen LogP contribution in [0, 0.1) is 6.92 Å². The Labute approximate surface area is 124 Å². The molecule has 1 aliphatic heterocycles. The highest BCUT2D eigenvalue weighted by Gasteiger charge is 2.39. The zero-order valence-corrected chi connectivity index (χ0v) is 12.6. The lowest BCUT2D eigenvalue weighted by atomic mass is 9.92. The molecule has 0 saturated carbocycles. The van der Waals surface area contributed by atoms with E-state index in [0.717, 1.165) is 25.9 Å². The van der Waals surface area contributed by atoms with Gasteiger partial charge >= 0.3 is 0 Å². The molecular weight excluding hydrogens is 266 g/mol. The summed E-state index contributed by atoms with van der Waals surface area (Å²) in [6.45, 7) is 3.91. The van der Waals surface area contributed by atoms with Gasteiger partial charge in [0.1, 0.15) is 5.60 Å². The number of nitrogens with one attached hydrogen (secondary N) is 1. The van der Waals surface area contributed by atoms with E-state index in [0.29, 0.717) is 18.1 Å². The molecule has 0 bridgehead atoms. The monoisotopic (exact) mass is 287 g/mol. The smallest absolute Gasteiger partial charge is 0.258 e. The van der Waals surface area contributed by atoms with Crippen molar-refractivity contribution in [2.45, 2.75) is 31.8 Å². The number of nitrogens with zero attached hydrogens (tertiary/aromatic N) is 2. The molecule has 2 aromatic rings. The van der Waals surface area contributed by atoms with Crippen molar-refractivity contribution in [2.75, 3.05) is 20.2 Å². The fourth-order valence-electron chi connectivity index (χ4n) is 2.83. The number of rotatable bonds is 4. The maximum Gasteiger partial charge on any atom is 0.258 e. The lowest BCUT2D eigenvalue weighted by Gasteiger charge is -2.32. The van der Waals surface area contributed by atoms with Crippen LogP contribution in [0.15, 0.2) is 28.8 Å². The normalized spacial score (nSPS) is 17.8. The first kappa shape index (κ1) is 14.2. The van der Waals surface area contributed by atoms with Gasteiger partial charge in [-0.1, -0.05) is 29.4 Å². The number of aromatic nitrogens is 2. The first-order valence-corrected chi connectivity index (χ1v) is 7.37. The molecule has 0 spiro atoms. The van der Waals surface area contributed by atoms with Crippen LogP contribution in [0.2, 0.25) is 0 Å². The quantitative estimate of drug-likeness (QED) is 0.934. The molecule has 0 atom stereocenters. The minimum atomic E-state index is -0.428. The van der Waals surface area contributed by atoms with E-state index in [1.807, 2.05) is 12.1 Å². The molecular formula is C16H21N3O2. The largest absolute Gasteiger partial charge is 0.368 e. The maximum atomic E-state index is 5.72. The van der Waals surface area contributed by atoms with Gasteiger partial charge in [0, 0.05) is 13.5 Å². The van der Waals surface area contributed by atoms with Gasteiger partial charge in [-0.3, -0.25) is 0 Å². The summed E-state index contributed by atoms with van der Waals surface area (Å²) in [5, 5.41) is 7.46. The average molecular weight is 287 g/mol. The minimum absolute atomic E-state index is 0.428. The van der Waals surface area contributed by atoms with Crippen molar-refractivity contribution < 1.29 is 9.26 Å². The van der Waals surface area contributed by atoms with Crippen molar-refractivity contribution in [3.63, 3.8) is 0 Å². The van der Waals surface area contributed by atoms with Gasteiger partial charge in [0.15, 0.2) is 5.82 Å². The number of ether oxygens (including phenoxy) is 1. The summed E-state index contributed by atoms with van der Waals surface area (Å²) in [6, 6.07) is 8.27. The van der Waals surface area contributed by atoms with Gasteiger partial charge in [-0.25, -0.2) is 0 Å². The number of piperidine rings is 1. The van der Waals surface area contributed by atoms with Gasteiger partial charge < -0.3 is 14.6 Å². The molecule has 1 aliphatic rings. The zero-order valence-electron chi connectivity index (χ0n) is 12.6. The summed E-state index contributed by atoms with van der Waals surface area (Å²) in [4.78, 5) is 4.58. The van der Waals surface area contributed by atoms with Gasteiger partial charge in [-0.15, -0.1) is 0 Å². The minimum Gasteiger partial charge on any atom is -0.368 e. The Kier molecular flexibility index (Phi) is 4.03. The van der Waals surface area contributed by atoms with Crippen LogP contribution in [-0.2, 0) is 16.8 Å². The fraction of sp³-hybridized carbons (Fsp3) is 0.500. The molecule has 0 aliphatic carbocycles. The van der Waals surface area contributed by atoms with E-state index in [1.165, 1.54) is 11.1 Å². The summed E-state index contributed by atoms with van der Waals surface area (Å²) in [5.74, 6) is 1.32. The Hall–Kier alpha value is -1.72. The van der Waals surface area contributed by atoms with E-state index >= 15 is 0 Å². The molecule has 112 valence electrons. The zero-order chi connectivity index (χ0) is 14.7. The van der Waals surface area contributed by atoms with Crippen LogP contribution in [0.4, 0.5) is 0 Å². The molecule has 1 N–H and O–H groups in total. The Morgan fingerprint density at radius 2 is 2.05 bits per heavy atom. The number of hydrogen-bond acceptors (Lipinski definition) is 5. The van der Waals surface area contributed by atoms with Gasteiger partial charge in [-0.05, 0) is 44.0 Å². The van der Waals surface area contributed by atoms with Crippen molar-refractivity contribution in [3.05, 3.63) is 47.1 Å². The second kappa shape index (κ2) is 5.95. The molecule has 5 nitrogen and oxygen atoms in total. The molecule has 1 fully saturated rings. The Morgan fingerprint density at radius 1 is 1.29 bits per heavy atom. The van der Waals surface area contributed by atoms with E-state index in [4.69, 9.17) is 9.26 Å². The highest BCUT2D eigenvalue weighted by atomic mass is 16.5. The molecule has 2 heterocycles. The van der Waals surface area contributed by atoms with Crippen molar-refractivity contribution in [1.82, 2.24) is 15.5 Å². The van der Waals surface area contributed by atoms with Crippen LogP contribution in [-0.4, -0.2) is 30.3 Å². The molecule has 3 rings (SSSR count). The predicted molar refractivity (Wildman–Crippen MR) is 79.1 cm³/mol. The third-order valence-electron chi connectivity index (χ3n) is 4.27.